The predicted octanol–water partition coefficient (Wildman–Crippen LogP) is 4.04. The average Bonchev–Trinajstić information content (AvgIpc) is 2.90. The van der Waals surface area contributed by atoms with Crippen molar-refractivity contribution in [3.8, 4) is 11.5 Å². The van der Waals surface area contributed by atoms with Crippen LogP contribution in [0.15, 0.2) is 40.8 Å². The molecule has 3 aromatic rings. The van der Waals surface area contributed by atoms with Gasteiger partial charge in [-0.15, -0.1) is 0 Å². The Balaban J connectivity index is 1.91. The van der Waals surface area contributed by atoms with E-state index in [1.807, 2.05) is 25.1 Å². The molecule has 1 N–H and O–H groups in total. The Kier molecular flexibility index (Phi) is 4.32. The van der Waals surface area contributed by atoms with E-state index in [1.54, 1.807) is 18.2 Å². The number of methoxy groups -OCH3 is 1. The fourth-order valence-corrected chi connectivity index (χ4v) is 2.51. The third kappa shape index (κ3) is 3.36. The smallest absolute Gasteiger partial charge is 0.250 e. The van der Waals surface area contributed by atoms with Crippen LogP contribution in [0.5, 0.6) is 0 Å². The maximum atomic E-state index is 11.5. The minimum Gasteiger partial charge on any atom is -0.436 e. The summed E-state index contributed by atoms with van der Waals surface area (Å²) in [5.74, 6) is 0.207. The van der Waals surface area contributed by atoms with E-state index in [-0.39, 0.29) is 12.5 Å². The molecule has 0 saturated carbocycles. The molecule has 0 fully saturated rings. The van der Waals surface area contributed by atoms with E-state index >= 15 is 0 Å². The van der Waals surface area contributed by atoms with Gasteiger partial charge in [0, 0.05) is 12.8 Å². The number of anilines is 1. The summed E-state index contributed by atoms with van der Waals surface area (Å²) in [4.78, 5) is 16.0. The van der Waals surface area contributed by atoms with E-state index < -0.39 is 0 Å². The average molecular weight is 331 g/mol. The van der Waals surface area contributed by atoms with E-state index in [2.05, 4.69) is 10.3 Å². The van der Waals surface area contributed by atoms with Crippen molar-refractivity contribution >= 4 is 34.3 Å². The van der Waals surface area contributed by atoms with E-state index in [0.717, 1.165) is 11.1 Å². The first-order valence-corrected chi connectivity index (χ1v) is 7.40. The fraction of sp³-hybridized carbons (Fsp3) is 0.176. The number of aromatic nitrogens is 1. The second kappa shape index (κ2) is 6.40. The van der Waals surface area contributed by atoms with Crippen LogP contribution in [0.25, 0.3) is 22.6 Å². The Morgan fingerprint density at radius 2 is 2.13 bits per heavy atom. The molecule has 6 heteroatoms. The standard InChI is InChI=1S/C17H15ClN2O3/c1-10-3-6-15-14(7-10)20-17(23-15)12-5-4-11(8-13(12)18)19-16(21)9-22-2/h3-8H,9H2,1-2H3,(H,19,21). The largest absolute Gasteiger partial charge is 0.436 e. The van der Waals surface area contributed by atoms with Crippen LogP contribution < -0.4 is 5.32 Å². The van der Waals surface area contributed by atoms with Crippen LogP contribution in [-0.4, -0.2) is 24.6 Å². The molecule has 0 aliphatic rings. The molecule has 0 aliphatic carbocycles. The molecule has 3 rings (SSSR count). The zero-order valence-electron chi connectivity index (χ0n) is 12.7. The Hall–Kier alpha value is -2.37. The number of fused-ring (bicyclic) bond motifs is 1. The number of rotatable bonds is 4. The van der Waals surface area contributed by atoms with Crippen molar-refractivity contribution in [2.24, 2.45) is 0 Å². The highest BCUT2D eigenvalue weighted by atomic mass is 35.5. The Bertz CT molecular complexity index is 873. The van der Waals surface area contributed by atoms with Crippen LogP contribution in [0.1, 0.15) is 5.56 Å². The van der Waals surface area contributed by atoms with Gasteiger partial charge < -0.3 is 14.5 Å². The van der Waals surface area contributed by atoms with Gasteiger partial charge in [-0.05, 0) is 42.8 Å². The SMILES string of the molecule is COCC(=O)Nc1ccc(-c2nc3cc(C)ccc3o2)c(Cl)c1. The summed E-state index contributed by atoms with van der Waals surface area (Å²) in [6, 6.07) is 11.0. The summed E-state index contributed by atoms with van der Waals surface area (Å²) in [5.41, 5.74) is 3.87. The first-order chi connectivity index (χ1) is 11.1. The van der Waals surface area contributed by atoms with Gasteiger partial charge in [-0.3, -0.25) is 4.79 Å². The number of ether oxygens (including phenoxy) is 1. The van der Waals surface area contributed by atoms with Crippen molar-refractivity contribution in [1.29, 1.82) is 0 Å². The predicted molar refractivity (Wildman–Crippen MR) is 89.7 cm³/mol. The third-order valence-corrected chi connectivity index (χ3v) is 3.61. The molecular weight excluding hydrogens is 316 g/mol. The number of halogens is 1. The van der Waals surface area contributed by atoms with Crippen LogP contribution in [0.3, 0.4) is 0 Å². The molecule has 5 nitrogen and oxygen atoms in total. The molecule has 1 heterocycles. The minimum atomic E-state index is -0.242. The molecule has 0 atom stereocenters. The molecule has 23 heavy (non-hydrogen) atoms. The monoisotopic (exact) mass is 330 g/mol. The lowest BCUT2D eigenvalue weighted by atomic mass is 10.2. The maximum absolute atomic E-state index is 11.5. The molecule has 0 radical (unpaired) electrons. The molecule has 1 amide bonds. The number of oxazole rings is 1. The number of carbonyl (C=O) groups excluding carboxylic acids is 1. The zero-order valence-corrected chi connectivity index (χ0v) is 13.5. The normalized spacial score (nSPS) is 10.9. The molecule has 0 saturated heterocycles. The van der Waals surface area contributed by atoms with Gasteiger partial charge >= 0.3 is 0 Å². The summed E-state index contributed by atoms with van der Waals surface area (Å²) in [6.45, 7) is 1.99. The van der Waals surface area contributed by atoms with Crippen LogP contribution in [0.2, 0.25) is 5.02 Å². The highest BCUT2D eigenvalue weighted by Gasteiger charge is 2.13. The molecule has 0 aliphatic heterocycles. The first-order valence-electron chi connectivity index (χ1n) is 7.03. The van der Waals surface area contributed by atoms with Gasteiger partial charge in [-0.1, -0.05) is 17.7 Å². The van der Waals surface area contributed by atoms with Gasteiger partial charge in [0.2, 0.25) is 11.8 Å². The Morgan fingerprint density at radius 3 is 2.87 bits per heavy atom. The van der Waals surface area contributed by atoms with E-state index in [1.165, 1.54) is 7.11 Å². The number of nitrogens with zero attached hydrogens (tertiary/aromatic N) is 1. The number of benzene rings is 2. The number of amides is 1. The molecule has 0 spiro atoms. The van der Waals surface area contributed by atoms with Crippen molar-refractivity contribution in [3.63, 3.8) is 0 Å². The molecule has 0 bridgehead atoms. The number of hydrogen-bond acceptors (Lipinski definition) is 4. The van der Waals surface area contributed by atoms with Gasteiger partial charge in [-0.2, -0.15) is 0 Å². The third-order valence-electron chi connectivity index (χ3n) is 3.30. The summed E-state index contributed by atoms with van der Waals surface area (Å²) in [6.07, 6.45) is 0. The second-order valence-electron chi connectivity index (χ2n) is 5.17. The van der Waals surface area contributed by atoms with Crippen molar-refractivity contribution < 1.29 is 13.9 Å². The Labute approximate surface area is 138 Å². The van der Waals surface area contributed by atoms with Crippen molar-refractivity contribution in [2.75, 3.05) is 19.0 Å². The second-order valence-corrected chi connectivity index (χ2v) is 5.57. The summed E-state index contributed by atoms with van der Waals surface area (Å²) in [7, 11) is 1.46. The topological polar surface area (TPSA) is 64.4 Å². The van der Waals surface area contributed by atoms with Crippen LogP contribution in [-0.2, 0) is 9.53 Å². The summed E-state index contributed by atoms with van der Waals surface area (Å²) in [5, 5.41) is 3.14. The van der Waals surface area contributed by atoms with E-state index in [4.69, 9.17) is 20.8 Å². The number of hydrogen-bond donors (Lipinski definition) is 1. The van der Waals surface area contributed by atoms with Gasteiger partial charge in [0.25, 0.3) is 0 Å². The molecule has 0 unspecified atom stereocenters. The fourth-order valence-electron chi connectivity index (χ4n) is 2.25. The van der Waals surface area contributed by atoms with Crippen molar-refractivity contribution in [1.82, 2.24) is 4.98 Å². The first kappa shape index (κ1) is 15.5. The number of carbonyl (C=O) groups is 1. The van der Waals surface area contributed by atoms with Crippen LogP contribution in [0.4, 0.5) is 5.69 Å². The summed E-state index contributed by atoms with van der Waals surface area (Å²) >= 11 is 6.30. The zero-order chi connectivity index (χ0) is 16.4. The number of aryl methyl sites for hydroxylation is 1. The maximum Gasteiger partial charge on any atom is 0.250 e. The molecule has 1 aromatic heterocycles. The van der Waals surface area contributed by atoms with Crippen molar-refractivity contribution in [3.05, 3.63) is 47.0 Å². The van der Waals surface area contributed by atoms with E-state index in [9.17, 15) is 4.79 Å². The summed E-state index contributed by atoms with van der Waals surface area (Å²) < 4.78 is 10.5. The quantitative estimate of drug-likeness (QED) is 0.784. The lowest BCUT2D eigenvalue weighted by molar-refractivity contribution is -0.119. The highest BCUT2D eigenvalue weighted by molar-refractivity contribution is 6.33. The van der Waals surface area contributed by atoms with Gasteiger partial charge in [0.15, 0.2) is 5.58 Å². The van der Waals surface area contributed by atoms with Gasteiger partial charge in [-0.25, -0.2) is 4.98 Å². The van der Waals surface area contributed by atoms with Crippen LogP contribution >= 0.6 is 11.6 Å². The lowest BCUT2D eigenvalue weighted by Gasteiger charge is -2.06. The van der Waals surface area contributed by atoms with Crippen molar-refractivity contribution in [2.45, 2.75) is 6.92 Å². The van der Waals surface area contributed by atoms with Crippen LogP contribution in [0, 0.1) is 6.92 Å². The highest BCUT2D eigenvalue weighted by Crippen LogP contribution is 2.32. The van der Waals surface area contributed by atoms with Gasteiger partial charge in [0.1, 0.15) is 12.1 Å². The molecular formula is C17H15ClN2O3. The molecule has 118 valence electrons. The lowest BCUT2D eigenvalue weighted by Crippen LogP contribution is -2.16. The van der Waals surface area contributed by atoms with E-state index in [0.29, 0.717) is 27.7 Å². The van der Waals surface area contributed by atoms with Gasteiger partial charge in [0.05, 0.1) is 10.6 Å². The molecule has 2 aromatic carbocycles. The Morgan fingerprint density at radius 1 is 1.30 bits per heavy atom. The number of nitrogens with one attached hydrogen (secondary N) is 1. The minimum absolute atomic E-state index is 0.0101.